The fraction of sp³-hybridized carbons (Fsp3) is 0.412. The van der Waals surface area contributed by atoms with Gasteiger partial charge in [-0.25, -0.2) is 4.98 Å². The monoisotopic (exact) mass is 350 g/mol. The Morgan fingerprint density at radius 3 is 2.79 bits per heavy atom. The zero-order valence-corrected chi connectivity index (χ0v) is 15.1. The number of nitrogens with zero attached hydrogens (tertiary/aromatic N) is 2. The summed E-state index contributed by atoms with van der Waals surface area (Å²) in [5.74, 6) is 2.87. The van der Waals surface area contributed by atoms with Crippen molar-refractivity contribution in [3.8, 4) is 5.75 Å². The van der Waals surface area contributed by atoms with Crippen LogP contribution in [0.15, 0.2) is 33.7 Å². The van der Waals surface area contributed by atoms with Gasteiger partial charge in [0.15, 0.2) is 5.96 Å². The van der Waals surface area contributed by atoms with Crippen molar-refractivity contribution < 1.29 is 9.15 Å². The molecule has 2 rings (SSSR count). The Hall–Kier alpha value is -2.21. The van der Waals surface area contributed by atoms with Crippen LogP contribution in [0.5, 0.6) is 5.75 Å². The van der Waals surface area contributed by atoms with E-state index < -0.39 is 0 Å². The molecule has 0 fully saturated rings. The number of aromatic nitrogens is 1. The van der Waals surface area contributed by atoms with Gasteiger partial charge in [0.1, 0.15) is 17.6 Å². The van der Waals surface area contributed by atoms with Crippen LogP contribution >= 0.6 is 11.6 Å². The van der Waals surface area contributed by atoms with E-state index in [4.69, 9.17) is 20.8 Å². The molecule has 24 heavy (non-hydrogen) atoms. The standard InChI is InChI=1S/C17H23ClN4O2/c1-11(23-15-7-5-6-14(18)8-15)9-20-17(19-4)21-10-16-22-12(2)13(3)24-16/h5-8,11H,9-10H2,1-4H3,(H2,19,20,21). The number of hydrogen-bond donors (Lipinski definition) is 2. The molecule has 2 aromatic rings. The van der Waals surface area contributed by atoms with Gasteiger partial charge in [0.25, 0.3) is 0 Å². The minimum atomic E-state index is -0.0479. The van der Waals surface area contributed by atoms with E-state index in [1.54, 1.807) is 13.1 Å². The van der Waals surface area contributed by atoms with Crippen molar-refractivity contribution in [1.29, 1.82) is 0 Å². The number of guanidine groups is 1. The van der Waals surface area contributed by atoms with Gasteiger partial charge in [-0.2, -0.15) is 0 Å². The molecule has 0 aliphatic heterocycles. The van der Waals surface area contributed by atoms with Crippen molar-refractivity contribution in [1.82, 2.24) is 15.6 Å². The van der Waals surface area contributed by atoms with Crippen LogP contribution in [0.3, 0.4) is 0 Å². The molecule has 0 saturated heterocycles. The molecule has 7 heteroatoms. The lowest BCUT2D eigenvalue weighted by molar-refractivity contribution is 0.224. The molecule has 1 atom stereocenters. The van der Waals surface area contributed by atoms with Gasteiger partial charge in [-0.15, -0.1) is 0 Å². The summed E-state index contributed by atoms with van der Waals surface area (Å²) in [4.78, 5) is 8.50. The smallest absolute Gasteiger partial charge is 0.214 e. The molecule has 0 aliphatic rings. The molecule has 0 aliphatic carbocycles. The second-order valence-electron chi connectivity index (χ2n) is 5.44. The summed E-state index contributed by atoms with van der Waals surface area (Å²) >= 11 is 5.95. The van der Waals surface area contributed by atoms with Gasteiger partial charge >= 0.3 is 0 Å². The highest BCUT2D eigenvalue weighted by Gasteiger charge is 2.08. The molecular weight excluding hydrogens is 328 g/mol. The maximum Gasteiger partial charge on any atom is 0.214 e. The Balaban J connectivity index is 1.78. The average Bonchev–Trinajstić information content (AvgIpc) is 2.86. The second kappa shape index (κ2) is 8.59. The Morgan fingerprint density at radius 1 is 1.38 bits per heavy atom. The van der Waals surface area contributed by atoms with Gasteiger partial charge in [0.05, 0.1) is 18.8 Å². The SMILES string of the molecule is CN=C(NCc1nc(C)c(C)o1)NCC(C)Oc1cccc(Cl)c1. The highest BCUT2D eigenvalue weighted by Crippen LogP contribution is 2.18. The van der Waals surface area contributed by atoms with E-state index in [-0.39, 0.29) is 6.10 Å². The van der Waals surface area contributed by atoms with Gasteiger partial charge < -0.3 is 19.8 Å². The van der Waals surface area contributed by atoms with E-state index in [1.165, 1.54) is 0 Å². The third-order valence-corrected chi connectivity index (χ3v) is 3.63. The lowest BCUT2D eigenvalue weighted by Gasteiger charge is -2.17. The van der Waals surface area contributed by atoms with E-state index >= 15 is 0 Å². The summed E-state index contributed by atoms with van der Waals surface area (Å²) in [6.45, 7) is 6.85. The van der Waals surface area contributed by atoms with Crippen LogP contribution in [0.1, 0.15) is 24.3 Å². The number of benzene rings is 1. The Kier molecular flexibility index (Phi) is 6.49. The van der Waals surface area contributed by atoms with Gasteiger partial charge in [0, 0.05) is 12.1 Å². The van der Waals surface area contributed by atoms with Crippen LogP contribution in [-0.4, -0.2) is 30.6 Å². The van der Waals surface area contributed by atoms with Crippen molar-refractivity contribution in [2.45, 2.75) is 33.4 Å². The molecule has 0 spiro atoms. The molecule has 2 N–H and O–H groups in total. The molecule has 0 saturated carbocycles. The van der Waals surface area contributed by atoms with Crippen LogP contribution < -0.4 is 15.4 Å². The van der Waals surface area contributed by atoms with Gasteiger partial charge in [0.2, 0.25) is 5.89 Å². The first-order valence-electron chi connectivity index (χ1n) is 7.77. The maximum atomic E-state index is 5.95. The molecule has 0 radical (unpaired) electrons. The lowest BCUT2D eigenvalue weighted by Crippen LogP contribution is -2.41. The third-order valence-electron chi connectivity index (χ3n) is 3.39. The highest BCUT2D eigenvalue weighted by atomic mass is 35.5. The molecule has 0 amide bonds. The number of halogens is 1. The average molecular weight is 351 g/mol. The van der Waals surface area contributed by atoms with Gasteiger partial charge in [-0.1, -0.05) is 17.7 Å². The molecule has 0 bridgehead atoms. The first-order chi connectivity index (χ1) is 11.5. The van der Waals surface area contributed by atoms with Crippen LogP contribution in [0.2, 0.25) is 5.02 Å². The van der Waals surface area contributed by atoms with Crippen molar-refractivity contribution >= 4 is 17.6 Å². The van der Waals surface area contributed by atoms with E-state index in [9.17, 15) is 0 Å². The van der Waals surface area contributed by atoms with Crippen LogP contribution in [0.4, 0.5) is 0 Å². The number of oxazole rings is 1. The largest absolute Gasteiger partial charge is 0.489 e. The summed E-state index contributed by atoms with van der Waals surface area (Å²) in [6.07, 6.45) is -0.0479. The summed E-state index contributed by atoms with van der Waals surface area (Å²) < 4.78 is 11.3. The molecule has 1 unspecified atom stereocenters. The van der Waals surface area contributed by atoms with Crippen molar-refractivity contribution in [2.75, 3.05) is 13.6 Å². The Morgan fingerprint density at radius 2 is 2.17 bits per heavy atom. The summed E-state index contributed by atoms with van der Waals surface area (Å²) in [5, 5.41) is 7.02. The summed E-state index contributed by atoms with van der Waals surface area (Å²) in [7, 11) is 1.71. The molecule has 1 heterocycles. The van der Waals surface area contributed by atoms with E-state index in [2.05, 4.69) is 20.6 Å². The minimum Gasteiger partial charge on any atom is -0.489 e. The number of ether oxygens (including phenoxy) is 1. The number of rotatable bonds is 6. The quantitative estimate of drug-likeness (QED) is 0.618. The van der Waals surface area contributed by atoms with Crippen molar-refractivity contribution in [2.24, 2.45) is 4.99 Å². The first kappa shape index (κ1) is 18.1. The second-order valence-corrected chi connectivity index (χ2v) is 5.88. The summed E-state index contributed by atoms with van der Waals surface area (Å²) in [5.41, 5.74) is 0.901. The fourth-order valence-electron chi connectivity index (χ4n) is 2.05. The fourth-order valence-corrected chi connectivity index (χ4v) is 2.23. The Labute approximate surface area is 147 Å². The summed E-state index contributed by atoms with van der Waals surface area (Å²) in [6, 6.07) is 7.34. The molecule has 130 valence electrons. The Bertz CT molecular complexity index is 680. The zero-order valence-electron chi connectivity index (χ0n) is 14.4. The predicted molar refractivity (Wildman–Crippen MR) is 95.7 cm³/mol. The van der Waals surface area contributed by atoms with Gasteiger partial charge in [-0.05, 0) is 39.0 Å². The topological polar surface area (TPSA) is 71.7 Å². The molecule has 1 aromatic carbocycles. The third kappa shape index (κ3) is 5.45. The van der Waals surface area contributed by atoms with Gasteiger partial charge in [-0.3, -0.25) is 4.99 Å². The molecule has 6 nitrogen and oxygen atoms in total. The lowest BCUT2D eigenvalue weighted by atomic mass is 10.3. The number of hydrogen-bond acceptors (Lipinski definition) is 4. The number of nitrogens with one attached hydrogen (secondary N) is 2. The van der Waals surface area contributed by atoms with E-state index in [1.807, 2.05) is 39.0 Å². The minimum absolute atomic E-state index is 0.0479. The molecular formula is C17H23ClN4O2. The maximum absolute atomic E-state index is 5.95. The van der Waals surface area contributed by atoms with Crippen LogP contribution in [0.25, 0.3) is 0 Å². The van der Waals surface area contributed by atoms with Crippen LogP contribution in [0, 0.1) is 13.8 Å². The number of aryl methyl sites for hydroxylation is 2. The zero-order chi connectivity index (χ0) is 17.5. The van der Waals surface area contributed by atoms with E-state index in [0.717, 1.165) is 17.2 Å². The van der Waals surface area contributed by atoms with Crippen molar-refractivity contribution in [3.63, 3.8) is 0 Å². The number of aliphatic imine (C=N–C) groups is 1. The van der Waals surface area contributed by atoms with Crippen molar-refractivity contribution in [3.05, 3.63) is 46.6 Å². The predicted octanol–water partition coefficient (Wildman–Crippen LogP) is 3.08. The van der Waals surface area contributed by atoms with E-state index in [0.29, 0.717) is 30.0 Å². The normalized spacial score (nSPS) is 12.8. The highest BCUT2D eigenvalue weighted by molar-refractivity contribution is 6.30. The first-order valence-corrected chi connectivity index (χ1v) is 8.15. The molecule has 1 aromatic heterocycles. The van der Waals surface area contributed by atoms with Crippen LogP contribution in [-0.2, 0) is 6.54 Å².